The average Bonchev–Trinajstić information content (AvgIpc) is 3.00. The molecule has 0 aromatic heterocycles. The van der Waals surface area contributed by atoms with Crippen molar-refractivity contribution in [1.29, 1.82) is 5.26 Å². The van der Waals surface area contributed by atoms with Gasteiger partial charge in [-0.1, -0.05) is 90.9 Å². The van der Waals surface area contributed by atoms with Gasteiger partial charge < -0.3 is 15.5 Å². The lowest BCUT2D eigenvalue weighted by atomic mass is 9.76. The third-order valence-corrected chi connectivity index (χ3v) is 9.60. The minimum absolute atomic E-state index is 0.0265. The predicted molar refractivity (Wildman–Crippen MR) is 173 cm³/mol. The monoisotopic (exact) mass is 604 g/mol. The lowest BCUT2D eigenvalue weighted by molar-refractivity contribution is -0.122. The molecule has 0 bridgehead atoms. The van der Waals surface area contributed by atoms with Crippen molar-refractivity contribution in [1.82, 2.24) is 4.83 Å². The number of anilines is 2. The van der Waals surface area contributed by atoms with Crippen molar-refractivity contribution in [3.05, 3.63) is 89.5 Å². The van der Waals surface area contributed by atoms with E-state index >= 15 is 0 Å². The molecule has 2 atom stereocenters. The summed E-state index contributed by atoms with van der Waals surface area (Å²) in [5.41, 5.74) is 6.21. The zero-order chi connectivity index (χ0) is 31.8. The van der Waals surface area contributed by atoms with Crippen LogP contribution >= 0.6 is 0 Å². The molecular weight excluding hydrogens is 560 g/mol. The minimum Gasteiger partial charge on any atom is -0.480 e. The molecule has 0 heterocycles. The average molecular weight is 605 g/mol. The summed E-state index contributed by atoms with van der Waals surface area (Å²) in [6, 6.07) is 23.0. The molecule has 0 aliphatic heterocycles. The number of nitrogens with one attached hydrogen (secondary N) is 3. The van der Waals surface area contributed by atoms with Crippen molar-refractivity contribution < 1.29 is 17.9 Å². The van der Waals surface area contributed by atoms with Gasteiger partial charge in [0, 0.05) is 16.9 Å². The van der Waals surface area contributed by atoms with E-state index in [1.165, 1.54) is 5.56 Å². The standard InChI is InChI=1S/C34H44N4O4S/c1-8-29(42-30-21-16-25(33(4,5)9-2)22-28(30)34(6,7)10-3)32(39)36-26-17-19-27(20-18-26)37-38-43(40,41)31(23-35)24-14-12-11-13-15-24/h11-22,29,31,37-38H,8-10H2,1-7H3,(H,36,39). The van der Waals surface area contributed by atoms with Gasteiger partial charge in [0.2, 0.25) is 10.0 Å². The van der Waals surface area contributed by atoms with Gasteiger partial charge in [0.05, 0.1) is 6.07 Å². The smallest absolute Gasteiger partial charge is 0.265 e. The summed E-state index contributed by atoms with van der Waals surface area (Å²) in [4.78, 5) is 15.5. The number of hydrogen-bond donors (Lipinski definition) is 3. The lowest BCUT2D eigenvalue weighted by Gasteiger charge is -2.31. The summed E-state index contributed by atoms with van der Waals surface area (Å²) >= 11 is 0. The Kier molecular flexibility index (Phi) is 11.0. The normalized spacial score (nSPS) is 13.4. The number of rotatable bonds is 14. The number of hydrazine groups is 1. The molecule has 0 aliphatic rings. The largest absolute Gasteiger partial charge is 0.480 e. The van der Waals surface area contributed by atoms with Crippen LogP contribution in [0.25, 0.3) is 0 Å². The Morgan fingerprint density at radius 2 is 1.49 bits per heavy atom. The van der Waals surface area contributed by atoms with Crippen LogP contribution in [0.3, 0.4) is 0 Å². The molecule has 0 saturated carbocycles. The first-order valence-corrected chi connectivity index (χ1v) is 16.3. The molecule has 3 N–H and O–H groups in total. The van der Waals surface area contributed by atoms with E-state index in [0.29, 0.717) is 29.1 Å². The molecule has 3 aromatic rings. The van der Waals surface area contributed by atoms with E-state index < -0.39 is 21.4 Å². The van der Waals surface area contributed by atoms with E-state index in [0.717, 1.165) is 18.4 Å². The topological polar surface area (TPSA) is 120 Å². The van der Waals surface area contributed by atoms with Crippen LogP contribution in [-0.2, 0) is 25.6 Å². The van der Waals surface area contributed by atoms with Crippen molar-refractivity contribution in [3.63, 3.8) is 0 Å². The summed E-state index contributed by atoms with van der Waals surface area (Å²) in [5, 5.41) is 11.0. The molecule has 43 heavy (non-hydrogen) atoms. The molecule has 0 aliphatic carbocycles. The minimum atomic E-state index is -4.03. The van der Waals surface area contributed by atoms with Crippen LogP contribution in [-0.4, -0.2) is 20.4 Å². The first-order valence-electron chi connectivity index (χ1n) is 14.7. The fourth-order valence-corrected chi connectivity index (χ4v) is 5.48. The van der Waals surface area contributed by atoms with Crippen molar-refractivity contribution in [2.75, 3.05) is 10.7 Å². The maximum Gasteiger partial charge on any atom is 0.265 e. The summed E-state index contributed by atoms with van der Waals surface area (Å²) in [6.07, 6.45) is 1.69. The number of ether oxygens (including phenoxy) is 1. The number of amides is 1. The van der Waals surface area contributed by atoms with E-state index in [9.17, 15) is 18.5 Å². The first kappa shape index (κ1) is 33.6. The number of benzene rings is 3. The number of carbonyl (C=O) groups excluding carboxylic acids is 1. The highest BCUT2D eigenvalue weighted by Gasteiger charge is 2.29. The Bertz CT molecular complexity index is 1530. The molecule has 230 valence electrons. The lowest BCUT2D eigenvalue weighted by Crippen LogP contribution is -2.34. The van der Waals surface area contributed by atoms with Gasteiger partial charge in [0.25, 0.3) is 5.91 Å². The van der Waals surface area contributed by atoms with Gasteiger partial charge in [-0.25, -0.2) is 8.42 Å². The van der Waals surface area contributed by atoms with Crippen molar-refractivity contribution in [2.24, 2.45) is 0 Å². The molecule has 3 aromatic carbocycles. The van der Waals surface area contributed by atoms with E-state index in [4.69, 9.17) is 4.74 Å². The van der Waals surface area contributed by atoms with Gasteiger partial charge in [0.1, 0.15) is 5.75 Å². The van der Waals surface area contributed by atoms with Crippen molar-refractivity contribution in [2.45, 2.75) is 89.9 Å². The van der Waals surface area contributed by atoms with Gasteiger partial charge in [-0.2, -0.15) is 5.26 Å². The zero-order valence-electron chi connectivity index (χ0n) is 26.2. The number of nitriles is 1. The molecule has 3 rings (SSSR count). The van der Waals surface area contributed by atoms with Crippen LogP contribution in [0.15, 0.2) is 72.8 Å². The second kappa shape index (κ2) is 14.1. The first-order chi connectivity index (χ1) is 20.3. The predicted octanol–water partition coefficient (Wildman–Crippen LogP) is 7.37. The third kappa shape index (κ3) is 8.37. The van der Waals surface area contributed by atoms with Gasteiger partial charge in [-0.15, -0.1) is 4.83 Å². The molecule has 0 spiro atoms. The summed E-state index contributed by atoms with van der Waals surface area (Å²) in [7, 11) is -4.03. The van der Waals surface area contributed by atoms with Crippen molar-refractivity contribution in [3.8, 4) is 11.8 Å². The van der Waals surface area contributed by atoms with Crippen LogP contribution in [0, 0.1) is 11.3 Å². The van der Waals surface area contributed by atoms with Crippen molar-refractivity contribution >= 4 is 27.3 Å². The summed E-state index contributed by atoms with van der Waals surface area (Å²) < 4.78 is 31.8. The molecule has 0 saturated heterocycles. The van der Waals surface area contributed by atoms with Gasteiger partial charge in [-0.3, -0.25) is 4.79 Å². The van der Waals surface area contributed by atoms with Crippen LogP contribution in [0.4, 0.5) is 11.4 Å². The zero-order valence-corrected chi connectivity index (χ0v) is 27.0. The molecular formula is C34H44N4O4S. The molecule has 1 amide bonds. The Morgan fingerprint density at radius 1 is 0.884 bits per heavy atom. The van der Waals surface area contributed by atoms with E-state index in [1.54, 1.807) is 54.6 Å². The summed E-state index contributed by atoms with van der Waals surface area (Å²) in [5.74, 6) is 0.435. The van der Waals surface area contributed by atoms with E-state index in [2.05, 4.69) is 69.2 Å². The van der Waals surface area contributed by atoms with E-state index in [-0.39, 0.29) is 16.7 Å². The summed E-state index contributed by atoms with van der Waals surface area (Å²) in [6.45, 7) is 15.1. The molecule has 8 nitrogen and oxygen atoms in total. The fourth-order valence-electron chi connectivity index (χ4n) is 4.45. The number of hydrogen-bond acceptors (Lipinski definition) is 6. The fraction of sp³-hybridized carbons (Fsp3) is 0.412. The van der Waals surface area contributed by atoms with Gasteiger partial charge >= 0.3 is 0 Å². The Morgan fingerprint density at radius 3 is 2.05 bits per heavy atom. The van der Waals surface area contributed by atoms with Crippen LogP contribution in [0.2, 0.25) is 0 Å². The molecule has 0 radical (unpaired) electrons. The van der Waals surface area contributed by atoms with Crippen LogP contribution in [0.1, 0.15) is 89.7 Å². The highest BCUT2D eigenvalue weighted by Crippen LogP contribution is 2.39. The molecule has 0 fully saturated rings. The maximum absolute atomic E-state index is 13.3. The van der Waals surface area contributed by atoms with Crippen LogP contribution in [0.5, 0.6) is 5.75 Å². The Labute approximate surface area is 256 Å². The van der Waals surface area contributed by atoms with E-state index in [1.807, 2.05) is 19.1 Å². The molecule has 9 heteroatoms. The highest BCUT2D eigenvalue weighted by molar-refractivity contribution is 7.90. The van der Waals surface area contributed by atoms with Gasteiger partial charge in [0.15, 0.2) is 11.4 Å². The number of nitrogens with zero attached hydrogens (tertiary/aromatic N) is 1. The highest BCUT2D eigenvalue weighted by atomic mass is 32.2. The second-order valence-corrected chi connectivity index (χ2v) is 13.7. The Hall–Kier alpha value is -3.87. The second-order valence-electron chi connectivity index (χ2n) is 12.0. The van der Waals surface area contributed by atoms with Crippen LogP contribution < -0.4 is 20.3 Å². The number of carbonyl (C=O) groups is 1. The number of sulfonamides is 1. The SMILES string of the molecule is CCC(Oc1ccc(C(C)(C)CC)cc1C(C)(C)CC)C(=O)Nc1ccc(NNS(=O)(=O)C(C#N)c2ccccc2)cc1. The molecule has 2 unspecified atom stereocenters. The maximum atomic E-state index is 13.3. The Balaban J connectivity index is 1.70. The van der Waals surface area contributed by atoms with Gasteiger partial charge in [-0.05, 0) is 71.6 Å². The quantitative estimate of drug-likeness (QED) is 0.165. The third-order valence-electron chi connectivity index (χ3n) is 8.21.